The maximum atomic E-state index is 12.9. The molecule has 3 rings (SSSR count). The molecule has 1 aliphatic rings. The Kier molecular flexibility index (Phi) is 4.36. The van der Waals surface area contributed by atoms with E-state index in [0.717, 1.165) is 31.5 Å². The zero-order valence-electron chi connectivity index (χ0n) is 12.5. The van der Waals surface area contributed by atoms with Gasteiger partial charge in [0, 0.05) is 25.7 Å². The molecule has 6 nitrogen and oxygen atoms in total. The summed E-state index contributed by atoms with van der Waals surface area (Å²) in [7, 11) is 0. The van der Waals surface area contributed by atoms with Crippen molar-refractivity contribution < 1.29 is 9.31 Å². The molecule has 0 aliphatic carbocycles. The number of rotatable bonds is 5. The summed E-state index contributed by atoms with van der Waals surface area (Å²) < 4.78 is 12.9. The second-order valence-electron chi connectivity index (χ2n) is 5.47. The molecule has 1 saturated heterocycles. The maximum absolute atomic E-state index is 12.9. The van der Waals surface area contributed by atoms with Gasteiger partial charge < -0.3 is 10.2 Å². The first-order chi connectivity index (χ1) is 11.1. The molecule has 2 heterocycles. The van der Waals surface area contributed by atoms with E-state index >= 15 is 0 Å². The zero-order chi connectivity index (χ0) is 16.2. The number of nitrogens with one attached hydrogen (secondary N) is 1. The number of aromatic nitrogens is 1. The minimum Gasteiger partial charge on any atom is -0.366 e. The lowest BCUT2D eigenvalue weighted by molar-refractivity contribution is -0.384. The Morgan fingerprint density at radius 1 is 1.17 bits per heavy atom. The SMILES string of the molecule is O=[N+]([O-])c1ccc(NCc2ccc(F)cc2)nc1N1CCCC1. The van der Waals surface area contributed by atoms with Crippen LogP contribution in [0.4, 0.5) is 21.7 Å². The van der Waals surface area contributed by atoms with Gasteiger partial charge >= 0.3 is 5.69 Å². The van der Waals surface area contributed by atoms with Crippen molar-refractivity contribution in [3.8, 4) is 0 Å². The van der Waals surface area contributed by atoms with Crippen molar-refractivity contribution in [3.63, 3.8) is 0 Å². The van der Waals surface area contributed by atoms with Gasteiger partial charge in [0.1, 0.15) is 11.6 Å². The number of hydrogen-bond donors (Lipinski definition) is 1. The summed E-state index contributed by atoms with van der Waals surface area (Å²) >= 11 is 0. The van der Waals surface area contributed by atoms with Crippen molar-refractivity contribution in [2.24, 2.45) is 0 Å². The van der Waals surface area contributed by atoms with Crippen molar-refractivity contribution in [1.29, 1.82) is 0 Å². The minimum atomic E-state index is -0.398. The molecule has 120 valence electrons. The maximum Gasteiger partial charge on any atom is 0.311 e. The standard InChI is InChI=1S/C16H17FN4O2/c17-13-5-3-12(4-6-13)11-18-15-8-7-14(21(22)23)16(19-15)20-9-1-2-10-20/h3-8H,1-2,9-11H2,(H,18,19). The van der Waals surface area contributed by atoms with Gasteiger partial charge in [0.05, 0.1) is 4.92 Å². The monoisotopic (exact) mass is 316 g/mol. The Morgan fingerprint density at radius 3 is 2.52 bits per heavy atom. The summed E-state index contributed by atoms with van der Waals surface area (Å²) in [6.45, 7) is 2.05. The van der Waals surface area contributed by atoms with E-state index in [4.69, 9.17) is 0 Å². The van der Waals surface area contributed by atoms with Crippen LogP contribution < -0.4 is 10.2 Å². The fraction of sp³-hybridized carbons (Fsp3) is 0.312. The fourth-order valence-corrected chi connectivity index (χ4v) is 2.64. The molecule has 2 aromatic rings. The number of benzene rings is 1. The first-order valence-electron chi connectivity index (χ1n) is 7.52. The molecule has 0 bridgehead atoms. The van der Waals surface area contributed by atoms with Crippen molar-refractivity contribution >= 4 is 17.3 Å². The largest absolute Gasteiger partial charge is 0.366 e. The summed E-state index contributed by atoms with van der Waals surface area (Å²) in [6.07, 6.45) is 2.04. The second-order valence-corrected chi connectivity index (χ2v) is 5.47. The first-order valence-corrected chi connectivity index (χ1v) is 7.52. The van der Waals surface area contributed by atoms with Crippen LogP contribution >= 0.6 is 0 Å². The predicted molar refractivity (Wildman–Crippen MR) is 86.1 cm³/mol. The van der Waals surface area contributed by atoms with Gasteiger partial charge in [0.2, 0.25) is 5.82 Å². The molecule has 1 N–H and O–H groups in total. The van der Waals surface area contributed by atoms with E-state index in [1.54, 1.807) is 18.2 Å². The number of pyridine rings is 1. The molecular weight excluding hydrogens is 299 g/mol. The van der Waals surface area contributed by atoms with Crippen LogP contribution in [0, 0.1) is 15.9 Å². The van der Waals surface area contributed by atoms with Gasteiger partial charge in [-0.05, 0) is 36.6 Å². The molecule has 0 atom stereocenters. The molecule has 0 saturated carbocycles. The van der Waals surface area contributed by atoms with Crippen LogP contribution in [0.5, 0.6) is 0 Å². The predicted octanol–water partition coefficient (Wildman–Crippen LogP) is 3.34. The molecule has 23 heavy (non-hydrogen) atoms. The highest BCUT2D eigenvalue weighted by Gasteiger charge is 2.24. The van der Waals surface area contributed by atoms with E-state index in [0.29, 0.717) is 18.2 Å². The zero-order valence-corrected chi connectivity index (χ0v) is 12.5. The van der Waals surface area contributed by atoms with E-state index in [2.05, 4.69) is 10.3 Å². The van der Waals surface area contributed by atoms with Crippen LogP contribution in [0.2, 0.25) is 0 Å². The molecule has 1 aromatic carbocycles. The summed E-state index contributed by atoms with van der Waals surface area (Å²) in [5.74, 6) is 0.706. The van der Waals surface area contributed by atoms with E-state index in [1.165, 1.54) is 18.2 Å². The summed E-state index contributed by atoms with van der Waals surface area (Å²) in [6, 6.07) is 9.25. The van der Waals surface area contributed by atoms with E-state index in [9.17, 15) is 14.5 Å². The van der Waals surface area contributed by atoms with Gasteiger partial charge in [-0.25, -0.2) is 9.37 Å². The third-order valence-electron chi connectivity index (χ3n) is 3.84. The Morgan fingerprint density at radius 2 is 1.87 bits per heavy atom. The normalized spacial score (nSPS) is 14.0. The molecule has 0 radical (unpaired) electrons. The smallest absolute Gasteiger partial charge is 0.311 e. The van der Waals surface area contributed by atoms with Crippen molar-refractivity contribution in [1.82, 2.24) is 4.98 Å². The molecule has 0 spiro atoms. The molecule has 1 fully saturated rings. The molecular formula is C16H17FN4O2. The third-order valence-corrected chi connectivity index (χ3v) is 3.84. The Hall–Kier alpha value is -2.70. The highest BCUT2D eigenvalue weighted by atomic mass is 19.1. The van der Waals surface area contributed by atoms with Gasteiger partial charge in [-0.15, -0.1) is 0 Å². The third kappa shape index (κ3) is 3.56. The highest BCUT2D eigenvalue weighted by molar-refractivity contribution is 5.62. The summed E-state index contributed by atoms with van der Waals surface area (Å²) in [5, 5.41) is 14.3. The number of halogens is 1. The Labute approximate surface area is 133 Å². The molecule has 1 aliphatic heterocycles. The van der Waals surface area contributed by atoms with Crippen LogP contribution in [0.25, 0.3) is 0 Å². The van der Waals surface area contributed by atoms with E-state index in [1.807, 2.05) is 4.90 Å². The highest BCUT2D eigenvalue weighted by Crippen LogP contribution is 2.30. The van der Waals surface area contributed by atoms with Gasteiger partial charge in [-0.3, -0.25) is 10.1 Å². The number of anilines is 2. The van der Waals surface area contributed by atoms with Gasteiger partial charge in [-0.2, -0.15) is 0 Å². The molecule has 0 unspecified atom stereocenters. The average molecular weight is 316 g/mol. The Bertz CT molecular complexity index is 700. The summed E-state index contributed by atoms with van der Waals surface area (Å²) in [4.78, 5) is 17.1. The van der Waals surface area contributed by atoms with Crippen LogP contribution in [0.15, 0.2) is 36.4 Å². The van der Waals surface area contributed by atoms with Crippen molar-refractivity contribution in [3.05, 3.63) is 57.9 Å². The second kappa shape index (κ2) is 6.60. The van der Waals surface area contributed by atoms with Crippen LogP contribution in [0.3, 0.4) is 0 Å². The lowest BCUT2D eigenvalue weighted by Gasteiger charge is -2.17. The van der Waals surface area contributed by atoms with Crippen LogP contribution in [-0.2, 0) is 6.54 Å². The van der Waals surface area contributed by atoms with Crippen molar-refractivity contribution in [2.45, 2.75) is 19.4 Å². The quantitative estimate of drug-likeness (QED) is 0.676. The first kappa shape index (κ1) is 15.2. The van der Waals surface area contributed by atoms with E-state index in [-0.39, 0.29) is 11.5 Å². The van der Waals surface area contributed by atoms with E-state index < -0.39 is 4.92 Å². The van der Waals surface area contributed by atoms with Gasteiger partial charge in [0.25, 0.3) is 0 Å². The Balaban J connectivity index is 1.78. The number of hydrogen-bond acceptors (Lipinski definition) is 5. The number of nitro groups is 1. The van der Waals surface area contributed by atoms with Crippen molar-refractivity contribution in [2.75, 3.05) is 23.3 Å². The van der Waals surface area contributed by atoms with Gasteiger partial charge in [-0.1, -0.05) is 12.1 Å². The summed E-state index contributed by atoms with van der Waals surface area (Å²) in [5.41, 5.74) is 0.938. The molecule has 1 aromatic heterocycles. The topological polar surface area (TPSA) is 71.3 Å². The number of nitrogens with zero attached hydrogens (tertiary/aromatic N) is 3. The van der Waals surface area contributed by atoms with Gasteiger partial charge in [0.15, 0.2) is 0 Å². The van der Waals surface area contributed by atoms with Crippen LogP contribution in [-0.4, -0.2) is 23.0 Å². The average Bonchev–Trinajstić information content (AvgIpc) is 3.08. The molecule has 0 amide bonds. The van der Waals surface area contributed by atoms with Crippen LogP contribution in [0.1, 0.15) is 18.4 Å². The lowest BCUT2D eigenvalue weighted by Crippen LogP contribution is -2.20. The molecule has 7 heteroatoms. The fourth-order valence-electron chi connectivity index (χ4n) is 2.64. The minimum absolute atomic E-state index is 0.0271. The lowest BCUT2D eigenvalue weighted by atomic mass is 10.2.